The maximum atomic E-state index is 13.2. The van der Waals surface area contributed by atoms with Gasteiger partial charge in [-0.1, -0.05) is 0 Å². The molecule has 0 aliphatic heterocycles. The van der Waals surface area contributed by atoms with Gasteiger partial charge in [0.25, 0.3) is 0 Å². The molecule has 0 saturated carbocycles. The number of benzene rings is 3. The molecule has 0 aromatic heterocycles. The molecule has 0 amide bonds. The monoisotopic (exact) mass is 394 g/mol. The Hall–Kier alpha value is -2.48. The van der Waals surface area contributed by atoms with Crippen molar-refractivity contribution in [2.75, 3.05) is 6.61 Å². The molecule has 0 fully saturated rings. The molecule has 0 spiro atoms. The fourth-order valence-corrected chi connectivity index (χ4v) is 9.50. The Morgan fingerprint density at radius 3 is 1.46 bits per heavy atom. The van der Waals surface area contributed by atoms with Crippen LogP contribution >= 0.6 is 7.26 Å². The summed E-state index contributed by atoms with van der Waals surface area (Å²) >= 11 is 0. The molecular formula is C24H27O3P. The van der Waals surface area contributed by atoms with Crippen LogP contribution in [-0.2, 0) is 9.53 Å². The van der Waals surface area contributed by atoms with Gasteiger partial charge in [0.1, 0.15) is 0 Å². The molecule has 4 heteroatoms. The minimum atomic E-state index is -2.94. The quantitative estimate of drug-likeness (QED) is 0.495. The van der Waals surface area contributed by atoms with E-state index in [1.807, 2.05) is 54.6 Å². The van der Waals surface area contributed by atoms with Crippen LogP contribution < -0.4 is 15.9 Å². The SMILES string of the molecule is CCOC(=O)C(C(C)O)[PH](c1ccccc1)(c1ccccc1)c1ccccc1. The van der Waals surface area contributed by atoms with Crippen LogP contribution in [0.1, 0.15) is 13.8 Å². The second kappa shape index (κ2) is 9.14. The Morgan fingerprint density at radius 1 is 0.821 bits per heavy atom. The van der Waals surface area contributed by atoms with Gasteiger partial charge in [-0.3, -0.25) is 0 Å². The topological polar surface area (TPSA) is 46.5 Å². The van der Waals surface area contributed by atoms with Crippen molar-refractivity contribution >= 4 is 29.1 Å². The van der Waals surface area contributed by atoms with Crippen LogP contribution in [0.25, 0.3) is 0 Å². The maximum absolute atomic E-state index is 13.2. The number of rotatable bonds is 7. The van der Waals surface area contributed by atoms with Crippen molar-refractivity contribution in [2.45, 2.75) is 25.6 Å². The Labute approximate surface area is 167 Å². The van der Waals surface area contributed by atoms with E-state index in [9.17, 15) is 9.90 Å². The molecule has 28 heavy (non-hydrogen) atoms. The molecule has 146 valence electrons. The van der Waals surface area contributed by atoms with Crippen molar-refractivity contribution in [3.05, 3.63) is 91.0 Å². The standard InChI is InChI=1S/C24H27O3P/c1-3-27-24(26)23(19(2)25)28(20-13-7-4-8-14-20,21-15-9-5-10-16-21)22-17-11-6-12-18-22/h4-19,23,25,28H,3H2,1-2H3. The van der Waals surface area contributed by atoms with Crippen molar-refractivity contribution in [3.63, 3.8) is 0 Å². The molecule has 1 N–H and O–H groups in total. The predicted octanol–water partition coefficient (Wildman–Crippen LogP) is 3.03. The number of hydrogen-bond donors (Lipinski definition) is 1. The zero-order valence-electron chi connectivity index (χ0n) is 16.3. The summed E-state index contributed by atoms with van der Waals surface area (Å²) in [6.07, 6.45) is -0.855. The zero-order valence-corrected chi connectivity index (χ0v) is 17.3. The van der Waals surface area contributed by atoms with E-state index in [1.54, 1.807) is 13.8 Å². The molecule has 3 aromatic rings. The predicted molar refractivity (Wildman–Crippen MR) is 119 cm³/mol. The van der Waals surface area contributed by atoms with Crippen LogP contribution in [0.15, 0.2) is 91.0 Å². The van der Waals surface area contributed by atoms with Gasteiger partial charge >= 0.3 is 167 Å². The number of aliphatic hydroxyl groups is 1. The summed E-state index contributed by atoms with van der Waals surface area (Å²) in [5.74, 6) is -0.347. The van der Waals surface area contributed by atoms with Gasteiger partial charge in [0, 0.05) is 0 Å². The van der Waals surface area contributed by atoms with E-state index in [0.717, 1.165) is 15.9 Å². The Bertz CT molecular complexity index is 783. The first-order chi connectivity index (χ1) is 13.6. The van der Waals surface area contributed by atoms with Crippen molar-refractivity contribution in [2.24, 2.45) is 0 Å². The van der Waals surface area contributed by atoms with E-state index in [1.165, 1.54) is 0 Å². The molecule has 0 aliphatic rings. The van der Waals surface area contributed by atoms with Gasteiger partial charge in [0.15, 0.2) is 0 Å². The van der Waals surface area contributed by atoms with E-state index in [-0.39, 0.29) is 12.6 Å². The number of aliphatic hydroxyl groups excluding tert-OH is 1. The summed E-state index contributed by atoms with van der Waals surface area (Å²) in [7, 11) is -2.94. The van der Waals surface area contributed by atoms with Crippen molar-refractivity contribution in [1.82, 2.24) is 0 Å². The molecule has 0 bridgehead atoms. The number of carbonyl (C=O) groups is 1. The summed E-state index contributed by atoms with van der Waals surface area (Å²) < 4.78 is 5.47. The summed E-state index contributed by atoms with van der Waals surface area (Å²) in [4.78, 5) is 13.2. The summed E-state index contributed by atoms with van der Waals surface area (Å²) in [5.41, 5.74) is -0.667. The Morgan fingerprint density at radius 2 is 1.18 bits per heavy atom. The summed E-state index contributed by atoms with van der Waals surface area (Å²) in [6.45, 7) is 3.77. The van der Waals surface area contributed by atoms with E-state index in [4.69, 9.17) is 4.74 Å². The molecule has 0 heterocycles. The molecule has 3 aromatic carbocycles. The third kappa shape index (κ3) is 3.73. The van der Waals surface area contributed by atoms with Crippen LogP contribution in [0.2, 0.25) is 0 Å². The van der Waals surface area contributed by atoms with Crippen molar-refractivity contribution < 1.29 is 14.6 Å². The second-order valence-electron chi connectivity index (χ2n) is 6.88. The number of hydrogen-bond acceptors (Lipinski definition) is 3. The van der Waals surface area contributed by atoms with Gasteiger partial charge < -0.3 is 0 Å². The van der Waals surface area contributed by atoms with Gasteiger partial charge in [-0.05, 0) is 0 Å². The van der Waals surface area contributed by atoms with Crippen LogP contribution in [0.3, 0.4) is 0 Å². The first-order valence-corrected chi connectivity index (χ1v) is 11.7. The molecule has 3 rings (SSSR count). The van der Waals surface area contributed by atoms with Gasteiger partial charge in [-0.15, -0.1) is 0 Å². The van der Waals surface area contributed by atoms with Gasteiger partial charge in [-0.25, -0.2) is 0 Å². The molecule has 2 unspecified atom stereocenters. The third-order valence-electron chi connectivity index (χ3n) is 5.18. The molecule has 0 saturated heterocycles. The third-order valence-corrected chi connectivity index (χ3v) is 10.6. The Kier molecular flexibility index (Phi) is 6.61. The van der Waals surface area contributed by atoms with Gasteiger partial charge in [-0.2, -0.15) is 0 Å². The normalized spacial score (nSPS) is 14.1. The first kappa shape index (κ1) is 20.3. The van der Waals surface area contributed by atoms with Gasteiger partial charge in [0.05, 0.1) is 0 Å². The molecule has 2 atom stereocenters. The number of carbonyl (C=O) groups excluding carboxylic acids is 1. The number of esters is 1. The zero-order chi connectivity index (χ0) is 20.0. The van der Waals surface area contributed by atoms with Crippen LogP contribution in [0, 0.1) is 0 Å². The summed E-state index contributed by atoms with van der Waals surface area (Å²) in [5, 5.41) is 14.1. The van der Waals surface area contributed by atoms with Crippen molar-refractivity contribution in [3.8, 4) is 0 Å². The minimum absolute atomic E-state index is 0.283. The average molecular weight is 394 g/mol. The first-order valence-electron chi connectivity index (χ1n) is 9.63. The van der Waals surface area contributed by atoms with Crippen molar-refractivity contribution in [1.29, 1.82) is 0 Å². The summed E-state index contributed by atoms with van der Waals surface area (Å²) in [6, 6.07) is 30.3. The fourth-order valence-electron chi connectivity index (χ4n) is 4.11. The average Bonchev–Trinajstić information content (AvgIpc) is 2.73. The fraction of sp³-hybridized carbons (Fsp3) is 0.208. The molecule has 3 nitrogen and oxygen atoms in total. The van der Waals surface area contributed by atoms with Crippen LogP contribution in [-0.4, -0.2) is 29.4 Å². The van der Waals surface area contributed by atoms with E-state index < -0.39 is 19.0 Å². The second-order valence-corrected chi connectivity index (χ2v) is 10.8. The van der Waals surface area contributed by atoms with Crippen LogP contribution in [0.4, 0.5) is 0 Å². The Balaban J connectivity index is 2.41. The van der Waals surface area contributed by atoms with E-state index in [0.29, 0.717) is 0 Å². The van der Waals surface area contributed by atoms with E-state index in [2.05, 4.69) is 36.4 Å². The van der Waals surface area contributed by atoms with Gasteiger partial charge in [0.2, 0.25) is 0 Å². The molecule has 0 radical (unpaired) electrons. The van der Waals surface area contributed by atoms with Crippen LogP contribution in [0.5, 0.6) is 0 Å². The molecular weight excluding hydrogens is 367 g/mol. The molecule has 0 aliphatic carbocycles. The van der Waals surface area contributed by atoms with E-state index >= 15 is 0 Å². The number of ether oxygens (including phenoxy) is 1.